The van der Waals surface area contributed by atoms with Crippen molar-refractivity contribution < 1.29 is 28.7 Å². The molecule has 2 aliphatic rings. The highest BCUT2D eigenvalue weighted by atomic mass is 32.2. The average Bonchev–Trinajstić information content (AvgIpc) is 3.02. The van der Waals surface area contributed by atoms with Crippen LogP contribution in [0, 0.1) is 0 Å². The maximum Gasteiger partial charge on any atom is 0.330 e. The average molecular weight is 402 g/mol. The zero-order valence-electron chi connectivity index (χ0n) is 14.1. The van der Waals surface area contributed by atoms with Crippen LogP contribution in [0.15, 0.2) is 21.9 Å². The molecule has 0 bridgehead atoms. The summed E-state index contributed by atoms with van der Waals surface area (Å²) in [6.07, 6.45) is -2.43. The lowest BCUT2D eigenvalue weighted by Crippen LogP contribution is -2.46. The predicted octanol–water partition coefficient (Wildman–Crippen LogP) is -2.58. The quantitative estimate of drug-likeness (QED) is 0.195. The number of nitrogens with zero attached hydrogens (tertiary/aromatic N) is 1. The van der Waals surface area contributed by atoms with Gasteiger partial charge >= 0.3 is 11.7 Å². The Morgan fingerprint density at radius 2 is 2.11 bits per heavy atom. The number of ether oxygens (including phenoxy) is 1. The minimum Gasteiger partial charge on any atom is -0.387 e. The van der Waals surface area contributed by atoms with Crippen LogP contribution in [-0.2, 0) is 13.7 Å². The molecule has 148 valence electrons. The molecule has 3 amide bonds. The van der Waals surface area contributed by atoms with Crippen LogP contribution in [-0.4, -0.2) is 67.9 Å². The van der Waals surface area contributed by atoms with E-state index >= 15 is 0 Å². The standard InChI is InChI=1S/C14H18N4O8S/c1-14(24)9(20)7(4-25-27-5-6-10(21)17-12(22)15-6)26-11(14)18-3-2-8(19)16-13(18)23/h2-3,6-7,9,11,20,24H,4-5H2,1H3,(H,16,19,23)(H2,15,17,21,22)/t6-,7+,9+,11+,14+/m0/s1. The van der Waals surface area contributed by atoms with Gasteiger partial charge in [0.1, 0.15) is 23.9 Å². The number of rotatable bonds is 6. The number of H-pyrrole nitrogens is 1. The van der Waals surface area contributed by atoms with E-state index < -0.39 is 53.3 Å². The molecule has 0 aliphatic carbocycles. The van der Waals surface area contributed by atoms with Gasteiger partial charge in [0.2, 0.25) is 0 Å². The summed E-state index contributed by atoms with van der Waals surface area (Å²) in [5.74, 6) is -0.326. The number of urea groups is 1. The van der Waals surface area contributed by atoms with Crippen molar-refractivity contribution in [3.8, 4) is 0 Å². The fraction of sp³-hybridized carbons (Fsp3) is 0.571. The van der Waals surface area contributed by atoms with E-state index in [1.165, 1.54) is 6.92 Å². The molecule has 0 aromatic carbocycles. The molecule has 0 radical (unpaired) electrons. The number of hydrogen-bond acceptors (Lipinski definition) is 9. The highest BCUT2D eigenvalue weighted by Gasteiger charge is 2.53. The molecule has 0 spiro atoms. The van der Waals surface area contributed by atoms with Crippen LogP contribution in [0.3, 0.4) is 0 Å². The Hall–Kier alpha value is -2.19. The molecule has 5 atom stereocenters. The predicted molar refractivity (Wildman–Crippen MR) is 90.7 cm³/mol. The van der Waals surface area contributed by atoms with Gasteiger partial charge in [-0.05, 0) is 19.0 Å². The molecule has 5 N–H and O–H groups in total. The number of aliphatic hydroxyl groups is 2. The van der Waals surface area contributed by atoms with Crippen LogP contribution in [0.1, 0.15) is 13.2 Å². The maximum atomic E-state index is 11.9. The molecular formula is C14H18N4O8S. The first-order valence-electron chi connectivity index (χ1n) is 7.93. The Morgan fingerprint density at radius 3 is 2.74 bits per heavy atom. The fourth-order valence-electron chi connectivity index (χ4n) is 2.80. The van der Waals surface area contributed by atoms with Gasteiger partial charge in [-0.3, -0.25) is 24.5 Å². The van der Waals surface area contributed by atoms with E-state index in [4.69, 9.17) is 8.92 Å². The third-order valence-electron chi connectivity index (χ3n) is 4.27. The number of imide groups is 1. The number of carbonyl (C=O) groups is 2. The summed E-state index contributed by atoms with van der Waals surface area (Å²) in [5.41, 5.74) is -3.22. The van der Waals surface area contributed by atoms with Crippen LogP contribution >= 0.6 is 12.0 Å². The number of nitrogens with one attached hydrogen (secondary N) is 3. The lowest BCUT2D eigenvalue weighted by molar-refractivity contribution is -0.119. The number of aromatic nitrogens is 2. The van der Waals surface area contributed by atoms with E-state index in [-0.39, 0.29) is 12.4 Å². The zero-order valence-corrected chi connectivity index (χ0v) is 14.9. The molecule has 0 unspecified atom stereocenters. The number of aliphatic hydroxyl groups excluding tert-OH is 1. The van der Waals surface area contributed by atoms with Gasteiger partial charge in [-0.2, -0.15) is 0 Å². The van der Waals surface area contributed by atoms with Crippen molar-refractivity contribution in [1.82, 2.24) is 20.2 Å². The Bertz CT molecular complexity index is 852. The molecule has 1 aromatic heterocycles. The second-order valence-corrected chi connectivity index (χ2v) is 7.10. The molecular weight excluding hydrogens is 384 g/mol. The lowest BCUT2D eigenvalue weighted by Gasteiger charge is -2.27. The molecule has 0 saturated carbocycles. The van der Waals surface area contributed by atoms with Crippen molar-refractivity contribution in [2.45, 2.75) is 37.0 Å². The molecule has 3 rings (SSSR count). The van der Waals surface area contributed by atoms with Crippen LogP contribution in [0.5, 0.6) is 0 Å². The summed E-state index contributed by atoms with van der Waals surface area (Å²) in [6, 6.07) is -0.216. The van der Waals surface area contributed by atoms with Crippen LogP contribution in [0.4, 0.5) is 4.79 Å². The third kappa shape index (κ3) is 3.91. The molecule has 13 heteroatoms. The van der Waals surface area contributed by atoms with Gasteiger partial charge in [-0.15, -0.1) is 0 Å². The summed E-state index contributed by atoms with van der Waals surface area (Å²) in [4.78, 5) is 47.6. The minimum atomic E-state index is -1.82. The maximum absolute atomic E-state index is 11.9. The van der Waals surface area contributed by atoms with Gasteiger partial charge in [0.15, 0.2) is 6.23 Å². The molecule has 3 heterocycles. The Kier molecular flexibility index (Phi) is 5.39. The molecule has 2 saturated heterocycles. The molecule has 2 fully saturated rings. The van der Waals surface area contributed by atoms with Crippen molar-refractivity contribution in [3.05, 3.63) is 33.1 Å². The van der Waals surface area contributed by atoms with Crippen LogP contribution in [0.25, 0.3) is 0 Å². The van der Waals surface area contributed by atoms with Crippen molar-refractivity contribution in [3.63, 3.8) is 0 Å². The van der Waals surface area contributed by atoms with Gasteiger partial charge in [0.05, 0.1) is 6.61 Å². The highest BCUT2D eigenvalue weighted by Crippen LogP contribution is 2.37. The number of carbonyl (C=O) groups excluding carboxylic acids is 2. The van der Waals surface area contributed by atoms with E-state index in [2.05, 4.69) is 10.6 Å². The van der Waals surface area contributed by atoms with Crippen molar-refractivity contribution >= 4 is 24.0 Å². The molecule has 2 aliphatic heterocycles. The molecule has 1 aromatic rings. The fourth-order valence-corrected chi connectivity index (χ4v) is 3.49. The SMILES string of the molecule is C[C@@]1(O)[C@H](O)[C@@H](COSC[C@@H]2NC(=O)NC2=O)O[C@H]1n1ccc(=O)[nH]c1=O. The topological polar surface area (TPSA) is 172 Å². The van der Waals surface area contributed by atoms with E-state index in [0.717, 1.165) is 28.9 Å². The van der Waals surface area contributed by atoms with Crippen molar-refractivity contribution in [2.75, 3.05) is 12.4 Å². The van der Waals surface area contributed by atoms with Gasteiger partial charge < -0.3 is 24.4 Å². The first kappa shape index (κ1) is 19.6. The van der Waals surface area contributed by atoms with Crippen molar-refractivity contribution in [2.24, 2.45) is 0 Å². The van der Waals surface area contributed by atoms with Crippen LogP contribution < -0.4 is 21.9 Å². The Labute approximate surface area is 156 Å². The molecule has 27 heavy (non-hydrogen) atoms. The number of hydrogen-bond donors (Lipinski definition) is 5. The third-order valence-corrected chi connectivity index (χ3v) is 5.04. The second-order valence-electron chi connectivity index (χ2n) is 6.30. The number of amides is 3. The zero-order chi connectivity index (χ0) is 19.8. The second kappa shape index (κ2) is 7.44. The lowest BCUT2D eigenvalue weighted by atomic mass is 9.96. The summed E-state index contributed by atoms with van der Waals surface area (Å²) < 4.78 is 11.8. The van der Waals surface area contributed by atoms with Gasteiger partial charge in [0, 0.05) is 18.0 Å². The Balaban J connectivity index is 1.59. The molecule has 12 nitrogen and oxygen atoms in total. The van der Waals surface area contributed by atoms with E-state index in [0.29, 0.717) is 0 Å². The van der Waals surface area contributed by atoms with Crippen LogP contribution in [0.2, 0.25) is 0 Å². The number of aromatic amines is 1. The van der Waals surface area contributed by atoms with E-state index in [1.54, 1.807) is 0 Å². The summed E-state index contributed by atoms with van der Waals surface area (Å²) in [5, 5.41) is 25.3. The van der Waals surface area contributed by atoms with E-state index in [1.807, 2.05) is 4.98 Å². The van der Waals surface area contributed by atoms with Gasteiger partial charge in [-0.1, -0.05) is 0 Å². The first-order valence-corrected chi connectivity index (χ1v) is 8.84. The minimum absolute atomic E-state index is 0.138. The summed E-state index contributed by atoms with van der Waals surface area (Å²) in [6.45, 7) is 1.14. The highest BCUT2D eigenvalue weighted by molar-refractivity contribution is 7.94. The van der Waals surface area contributed by atoms with Gasteiger partial charge in [-0.25, -0.2) is 9.59 Å². The van der Waals surface area contributed by atoms with E-state index in [9.17, 15) is 29.4 Å². The Morgan fingerprint density at radius 1 is 1.37 bits per heavy atom. The first-order chi connectivity index (χ1) is 12.7. The largest absolute Gasteiger partial charge is 0.387 e. The normalized spacial score (nSPS) is 33.1. The monoisotopic (exact) mass is 402 g/mol. The summed E-state index contributed by atoms with van der Waals surface area (Å²) >= 11 is 0.883. The van der Waals surface area contributed by atoms with Gasteiger partial charge in [0.25, 0.3) is 11.5 Å². The van der Waals surface area contributed by atoms with Crippen molar-refractivity contribution in [1.29, 1.82) is 0 Å². The smallest absolute Gasteiger partial charge is 0.330 e. The summed E-state index contributed by atoms with van der Waals surface area (Å²) in [7, 11) is 0.